The van der Waals surface area contributed by atoms with Crippen LogP contribution < -0.4 is 9.62 Å². The average Bonchev–Trinajstić information content (AvgIpc) is 2.94. The normalized spacial score (nSPS) is 12.8. The van der Waals surface area contributed by atoms with E-state index >= 15 is 0 Å². The molecule has 3 aromatic carbocycles. The highest BCUT2D eigenvalue weighted by Crippen LogP contribution is 2.23. The van der Waals surface area contributed by atoms with Crippen LogP contribution in [0.4, 0.5) is 5.69 Å². The molecule has 0 saturated heterocycles. The predicted octanol–water partition coefficient (Wildman–Crippen LogP) is 5.40. The Morgan fingerprint density at radius 2 is 1.51 bits per heavy atom. The summed E-state index contributed by atoms with van der Waals surface area (Å²) in [7, 11) is -3.55. The van der Waals surface area contributed by atoms with Crippen molar-refractivity contribution in [2.45, 2.75) is 72.0 Å². The van der Waals surface area contributed by atoms with Gasteiger partial charge < -0.3 is 10.2 Å². The molecule has 2 atom stereocenters. The minimum absolute atomic E-state index is 0.0328. The Hall–Kier alpha value is -3.65. The Bertz CT molecular complexity index is 1390. The van der Waals surface area contributed by atoms with E-state index in [4.69, 9.17) is 0 Å². The fraction of sp³-hybridized carbons (Fsp3) is 0.394. The molecule has 220 valence electrons. The molecule has 0 aliphatic rings. The molecule has 0 saturated carbocycles. The van der Waals surface area contributed by atoms with Crippen molar-refractivity contribution < 1.29 is 18.0 Å². The molecular weight excluding hydrogens is 534 g/mol. The number of carbonyl (C=O) groups excluding carboxylic acids is 2. The summed E-state index contributed by atoms with van der Waals surface area (Å²) >= 11 is 0. The monoisotopic (exact) mass is 577 g/mol. The lowest BCUT2D eigenvalue weighted by Crippen LogP contribution is -2.52. The van der Waals surface area contributed by atoms with Crippen LogP contribution >= 0.6 is 0 Å². The summed E-state index contributed by atoms with van der Waals surface area (Å²) < 4.78 is 26.7. The molecule has 0 aromatic heterocycles. The quantitative estimate of drug-likeness (QED) is 0.278. The van der Waals surface area contributed by atoms with Gasteiger partial charge in [0.2, 0.25) is 21.8 Å². The minimum atomic E-state index is -3.55. The second-order valence-corrected chi connectivity index (χ2v) is 12.7. The summed E-state index contributed by atoms with van der Waals surface area (Å²) in [6.07, 6.45) is 2.75. The molecule has 0 aliphatic carbocycles. The second kappa shape index (κ2) is 14.8. The van der Waals surface area contributed by atoms with E-state index in [1.165, 1.54) is 10.6 Å². The van der Waals surface area contributed by atoms with Gasteiger partial charge in [-0.15, -0.1) is 0 Å². The Balaban J connectivity index is 1.89. The summed E-state index contributed by atoms with van der Waals surface area (Å²) in [4.78, 5) is 29.2. The van der Waals surface area contributed by atoms with E-state index in [9.17, 15) is 18.0 Å². The highest BCUT2D eigenvalue weighted by atomic mass is 32.2. The maximum absolute atomic E-state index is 13.9. The number of benzene rings is 3. The van der Waals surface area contributed by atoms with E-state index < -0.39 is 16.1 Å². The largest absolute Gasteiger partial charge is 0.352 e. The first-order valence-electron chi connectivity index (χ1n) is 14.2. The number of hydrogen-bond acceptors (Lipinski definition) is 4. The van der Waals surface area contributed by atoms with Crippen molar-refractivity contribution in [2.75, 3.05) is 17.1 Å². The summed E-state index contributed by atoms with van der Waals surface area (Å²) in [6.45, 7) is 8.27. The lowest BCUT2D eigenvalue weighted by atomic mass is 10.0. The lowest BCUT2D eigenvalue weighted by Gasteiger charge is -2.33. The number of nitrogens with one attached hydrogen (secondary N) is 1. The highest BCUT2D eigenvalue weighted by molar-refractivity contribution is 7.92. The van der Waals surface area contributed by atoms with Crippen LogP contribution in [0.5, 0.6) is 0 Å². The molecule has 2 amide bonds. The van der Waals surface area contributed by atoms with Gasteiger partial charge in [-0.3, -0.25) is 13.9 Å². The standard InChI is InChI=1S/C33H43N3O4S/c1-6-27(4)34-33(38)31(23-28-14-8-7-9-15-28)35(24-29-20-18-25(2)19-21-29)32(37)17-12-22-36(41(5,39)40)30-16-11-10-13-26(30)3/h7-11,13-16,18-21,27,31H,6,12,17,22-24H2,1-5H3,(H,34,38). The minimum Gasteiger partial charge on any atom is -0.352 e. The summed E-state index contributed by atoms with van der Waals surface area (Å²) in [5, 5.41) is 3.08. The van der Waals surface area contributed by atoms with E-state index in [-0.39, 0.29) is 37.4 Å². The van der Waals surface area contributed by atoms with Crippen molar-refractivity contribution >= 4 is 27.5 Å². The third kappa shape index (κ3) is 9.46. The molecule has 2 unspecified atom stereocenters. The molecule has 0 fully saturated rings. The van der Waals surface area contributed by atoms with Crippen LogP contribution in [0.25, 0.3) is 0 Å². The third-order valence-electron chi connectivity index (χ3n) is 7.28. The van der Waals surface area contributed by atoms with Crippen molar-refractivity contribution in [1.29, 1.82) is 0 Å². The molecular formula is C33H43N3O4S. The molecule has 3 rings (SSSR count). The van der Waals surface area contributed by atoms with E-state index in [1.54, 1.807) is 17.0 Å². The highest BCUT2D eigenvalue weighted by Gasteiger charge is 2.31. The Labute approximate surface area is 245 Å². The van der Waals surface area contributed by atoms with E-state index in [0.717, 1.165) is 28.7 Å². The zero-order valence-corrected chi connectivity index (χ0v) is 25.7. The number of hydrogen-bond donors (Lipinski definition) is 1. The Kier molecular flexibility index (Phi) is 11.5. The number of aryl methyl sites for hydroxylation is 2. The van der Waals surface area contributed by atoms with Crippen LogP contribution in [0.3, 0.4) is 0 Å². The van der Waals surface area contributed by atoms with Crippen LogP contribution in [-0.4, -0.2) is 50.0 Å². The molecule has 8 heteroatoms. The van der Waals surface area contributed by atoms with Crippen LogP contribution in [0.15, 0.2) is 78.9 Å². The SMILES string of the molecule is CCC(C)NC(=O)C(Cc1ccccc1)N(Cc1ccc(C)cc1)C(=O)CCCN(c1ccccc1C)S(C)(=O)=O. The van der Waals surface area contributed by atoms with Crippen molar-refractivity contribution in [1.82, 2.24) is 10.2 Å². The fourth-order valence-corrected chi connectivity index (χ4v) is 5.73. The summed E-state index contributed by atoms with van der Waals surface area (Å²) in [5.41, 5.74) is 4.44. The molecule has 41 heavy (non-hydrogen) atoms. The summed E-state index contributed by atoms with van der Waals surface area (Å²) in [6, 6.07) is 24.2. The van der Waals surface area contributed by atoms with Gasteiger partial charge >= 0.3 is 0 Å². The number of sulfonamides is 1. The van der Waals surface area contributed by atoms with Gasteiger partial charge in [-0.05, 0) is 56.4 Å². The first-order valence-corrected chi connectivity index (χ1v) is 16.1. The summed E-state index contributed by atoms with van der Waals surface area (Å²) in [5.74, 6) is -0.384. The van der Waals surface area contributed by atoms with Gasteiger partial charge in [0.1, 0.15) is 6.04 Å². The molecule has 7 nitrogen and oxygen atoms in total. The van der Waals surface area contributed by atoms with E-state index in [0.29, 0.717) is 18.5 Å². The number of carbonyl (C=O) groups is 2. The lowest BCUT2D eigenvalue weighted by molar-refractivity contribution is -0.141. The topological polar surface area (TPSA) is 86.8 Å². The molecule has 3 aromatic rings. The van der Waals surface area contributed by atoms with Crippen LogP contribution in [-0.2, 0) is 32.6 Å². The Morgan fingerprint density at radius 3 is 2.12 bits per heavy atom. The van der Waals surface area contributed by atoms with Crippen molar-refractivity contribution in [3.63, 3.8) is 0 Å². The van der Waals surface area contributed by atoms with Gasteiger partial charge in [0, 0.05) is 32.0 Å². The molecule has 0 heterocycles. The van der Waals surface area contributed by atoms with Crippen molar-refractivity contribution in [3.8, 4) is 0 Å². The van der Waals surface area contributed by atoms with Gasteiger partial charge in [-0.25, -0.2) is 8.42 Å². The fourth-order valence-electron chi connectivity index (χ4n) is 4.71. The number of nitrogens with zero attached hydrogens (tertiary/aromatic N) is 2. The second-order valence-electron chi connectivity index (χ2n) is 10.8. The predicted molar refractivity (Wildman–Crippen MR) is 166 cm³/mol. The van der Waals surface area contributed by atoms with Crippen molar-refractivity contribution in [3.05, 3.63) is 101 Å². The zero-order valence-electron chi connectivity index (χ0n) is 24.8. The van der Waals surface area contributed by atoms with Crippen LogP contribution in [0.2, 0.25) is 0 Å². The van der Waals surface area contributed by atoms with Gasteiger partial charge in [0.15, 0.2) is 0 Å². The van der Waals surface area contributed by atoms with Gasteiger partial charge in [0.05, 0.1) is 11.9 Å². The van der Waals surface area contributed by atoms with Gasteiger partial charge in [0.25, 0.3) is 0 Å². The Morgan fingerprint density at radius 1 is 0.878 bits per heavy atom. The van der Waals surface area contributed by atoms with Gasteiger partial charge in [-0.1, -0.05) is 85.3 Å². The maximum Gasteiger partial charge on any atom is 0.243 e. The van der Waals surface area contributed by atoms with Crippen molar-refractivity contribution in [2.24, 2.45) is 0 Å². The maximum atomic E-state index is 13.9. The average molecular weight is 578 g/mol. The van der Waals surface area contributed by atoms with E-state index in [2.05, 4.69) is 5.32 Å². The number of amides is 2. The number of anilines is 1. The molecule has 1 N–H and O–H groups in total. The molecule has 0 radical (unpaired) electrons. The smallest absolute Gasteiger partial charge is 0.243 e. The van der Waals surface area contributed by atoms with E-state index in [1.807, 2.05) is 94.4 Å². The first-order chi connectivity index (χ1) is 19.5. The number of para-hydroxylation sites is 1. The first kappa shape index (κ1) is 31.9. The molecule has 0 bridgehead atoms. The number of rotatable bonds is 14. The van der Waals surface area contributed by atoms with Crippen LogP contribution in [0.1, 0.15) is 55.4 Å². The molecule has 0 spiro atoms. The third-order valence-corrected chi connectivity index (χ3v) is 8.46. The van der Waals surface area contributed by atoms with Crippen LogP contribution in [0, 0.1) is 13.8 Å². The molecule has 0 aliphatic heterocycles. The van der Waals surface area contributed by atoms with Gasteiger partial charge in [-0.2, -0.15) is 0 Å². The zero-order chi connectivity index (χ0) is 30.0.